The van der Waals surface area contributed by atoms with Crippen LogP contribution in [-0.2, 0) is 0 Å². The number of rotatable bonds is 4. The van der Waals surface area contributed by atoms with Crippen molar-refractivity contribution in [3.8, 4) is 0 Å². The highest BCUT2D eigenvalue weighted by atomic mass is 35.5. The van der Waals surface area contributed by atoms with E-state index in [4.69, 9.17) is 23.2 Å². The smallest absolute Gasteiger partial charge is 0.125 e. The lowest BCUT2D eigenvalue weighted by Gasteiger charge is -2.18. The summed E-state index contributed by atoms with van der Waals surface area (Å²) in [6.45, 7) is 0. The molecule has 2 nitrogen and oxygen atoms in total. The summed E-state index contributed by atoms with van der Waals surface area (Å²) in [5, 5.41) is 1.54. The minimum atomic E-state index is -0.297. The summed E-state index contributed by atoms with van der Waals surface area (Å²) in [6.07, 6.45) is 0. The number of hydrazine groups is 1. The summed E-state index contributed by atoms with van der Waals surface area (Å²) in [5.41, 5.74) is 3.47. The fourth-order valence-electron chi connectivity index (χ4n) is 0.832. The van der Waals surface area contributed by atoms with Crippen molar-refractivity contribution >= 4 is 28.9 Å². The lowest BCUT2D eigenvalue weighted by Crippen LogP contribution is -2.27. The van der Waals surface area contributed by atoms with Gasteiger partial charge in [0.05, 0.1) is 17.7 Å². The van der Waals surface area contributed by atoms with Gasteiger partial charge in [-0.2, -0.15) is 5.01 Å². The van der Waals surface area contributed by atoms with E-state index in [0.717, 1.165) is 0 Å². The van der Waals surface area contributed by atoms with E-state index in [1.807, 2.05) is 0 Å². The van der Waals surface area contributed by atoms with E-state index in [-0.39, 0.29) is 17.8 Å². The van der Waals surface area contributed by atoms with E-state index in [1.54, 1.807) is 12.1 Å². The zero-order valence-electron chi connectivity index (χ0n) is 6.80. The number of halogens is 3. The summed E-state index contributed by atoms with van der Waals surface area (Å²) in [7, 11) is 0. The molecular weight excluding hydrogens is 214 g/mol. The Morgan fingerprint density at radius 3 is 2.54 bits per heavy atom. The molecule has 0 radical (unpaired) electrons. The molecule has 0 amide bonds. The Bertz CT molecular complexity index is 266. The summed E-state index contributed by atoms with van der Waals surface area (Å²) in [4.78, 5) is 0. The van der Waals surface area contributed by atoms with E-state index in [0.29, 0.717) is 5.69 Å². The minimum absolute atomic E-state index is 0.236. The molecule has 0 saturated carbocycles. The van der Waals surface area contributed by atoms with Crippen LogP contribution in [0.1, 0.15) is 0 Å². The van der Waals surface area contributed by atoms with Gasteiger partial charge in [-0.15, -0.1) is 23.2 Å². The van der Waals surface area contributed by atoms with Gasteiger partial charge in [0.25, 0.3) is 0 Å². The lowest BCUT2D eigenvalue weighted by atomic mass is 10.3. The van der Waals surface area contributed by atoms with Crippen molar-refractivity contribution in [2.45, 2.75) is 0 Å². The summed E-state index contributed by atoms with van der Waals surface area (Å²) in [6, 6.07) is 6.55. The molecule has 1 rings (SSSR count). The predicted octanol–water partition coefficient (Wildman–Crippen LogP) is 2.85. The number of benzene rings is 1. The number of hydrogen-bond acceptors (Lipinski definition) is 2. The first-order valence-corrected chi connectivity index (χ1v) is 4.72. The SMILES string of the molecule is Fc1cccc(NN(CCl)CCl)c1. The highest BCUT2D eigenvalue weighted by molar-refractivity contribution is 6.20. The monoisotopic (exact) mass is 222 g/mol. The Hall–Kier alpha value is -0.510. The highest BCUT2D eigenvalue weighted by Crippen LogP contribution is 2.10. The Morgan fingerprint density at radius 1 is 1.31 bits per heavy atom. The van der Waals surface area contributed by atoms with E-state index < -0.39 is 0 Å². The quantitative estimate of drug-likeness (QED) is 0.479. The minimum Gasteiger partial charge on any atom is -0.317 e. The van der Waals surface area contributed by atoms with Crippen molar-refractivity contribution in [2.75, 3.05) is 17.4 Å². The molecular formula is C8H9Cl2FN2. The van der Waals surface area contributed by atoms with E-state index in [1.165, 1.54) is 17.1 Å². The molecule has 0 aliphatic carbocycles. The average Bonchev–Trinajstić information content (AvgIpc) is 2.14. The number of hydrogen-bond donors (Lipinski definition) is 1. The molecule has 1 N–H and O–H groups in total. The van der Waals surface area contributed by atoms with Gasteiger partial charge in [-0.05, 0) is 18.2 Å². The molecule has 1 aromatic rings. The molecule has 0 saturated heterocycles. The topological polar surface area (TPSA) is 15.3 Å². The van der Waals surface area contributed by atoms with Crippen LogP contribution in [0.5, 0.6) is 0 Å². The van der Waals surface area contributed by atoms with Crippen LogP contribution in [0.25, 0.3) is 0 Å². The van der Waals surface area contributed by atoms with Gasteiger partial charge in [-0.25, -0.2) is 4.39 Å². The molecule has 0 spiro atoms. The lowest BCUT2D eigenvalue weighted by molar-refractivity contribution is 0.448. The van der Waals surface area contributed by atoms with E-state index in [9.17, 15) is 4.39 Å². The fraction of sp³-hybridized carbons (Fsp3) is 0.250. The second-order valence-corrected chi connectivity index (χ2v) is 2.88. The highest BCUT2D eigenvalue weighted by Gasteiger charge is 2.00. The maximum atomic E-state index is 12.7. The first-order valence-electron chi connectivity index (χ1n) is 3.65. The van der Waals surface area contributed by atoms with Crippen LogP contribution < -0.4 is 5.43 Å². The fourth-order valence-corrected chi connectivity index (χ4v) is 1.21. The number of nitrogens with zero attached hydrogens (tertiary/aromatic N) is 1. The van der Waals surface area contributed by atoms with Crippen LogP contribution in [-0.4, -0.2) is 17.0 Å². The predicted molar refractivity (Wildman–Crippen MR) is 53.3 cm³/mol. The molecule has 0 bridgehead atoms. The molecule has 72 valence electrons. The normalized spacial score (nSPS) is 10.5. The van der Waals surface area contributed by atoms with Crippen LogP contribution in [0.4, 0.5) is 10.1 Å². The molecule has 0 aromatic heterocycles. The van der Waals surface area contributed by atoms with Crippen molar-refractivity contribution < 1.29 is 4.39 Å². The third-order valence-corrected chi connectivity index (χ3v) is 1.98. The Balaban J connectivity index is 2.62. The Kier molecular flexibility index (Phi) is 4.28. The van der Waals surface area contributed by atoms with Crippen molar-refractivity contribution in [1.29, 1.82) is 0 Å². The molecule has 0 unspecified atom stereocenters. The number of alkyl halides is 2. The van der Waals surface area contributed by atoms with Gasteiger partial charge < -0.3 is 5.43 Å². The van der Waals surface area contributed by atoms with Crippen LogP contribution in [0, 0.1) is 5.82 Å². The molecule has 0 aliphatic heterocycles. The van der Waals surface area contributed by atoms with Crippen LogP contribution in [0.15, 0.2) is 24.3 Å². The van der Waals surface area contributed by atoms with Gasteiger partial charge in [0.2, 0.25) is 0 Å². The maximum Gasteiger partial charge on any atom is 0.125 e. The summed E-state index contributed by atoms with van der Waals surface area (Å²) in [5.74, 6) is -0.297. The maximum absolute atomic E-state index is 12.7. The Morgan fingerprint density at radius 2 is 2.00 bits per heavy atom. The van der Waals surface area contributed by atoms with Gasteiger partial charge >= 0.3 is 0 Å². The van der Waals surface area contributed by atoms with Crippen LogP contribution in [0.3, 0.4) is 0 Å². The first kappa shape index (κ1) is 10.6. The average molecular weight is 223 g/mol. The second kappa shape index (κ2) is 5.27. The van der Waals surface area contributed by atoms with Gasteiger partial charge in [-0.3, -0.25) is 0 Å². The Labute approximate surface area is 86.2 Å². The number of anilines is 1. The largest absolute Gasteiger partial charge is 0.317 e. The van der Waals surface area contributed by atoms with Gasteiger partial charge in [0.15, 0.2) is 0 Å². The summed E-state index contributed by atoms with van der Waals surface area (Å²) >= 11 is 11.1. The van der Waals surface area contributed by atoms with E-state index in [2.05, 4.69) is 5.43 Å². The van der Waals surface area contributed by atoms with Crippen LogP contribution in [0.2, 0.25) is 0 Å². The van der Waals surface area contributed by atoms with Gasteiger partial charge in [-0.1, -0.05) is 6.07 Å². The molecule has 0 atom stereocenters. The van der Waals surface area contributed by atoms with Crippen molar-refractivity contribution in [3.05, 3.63) is 30.1 Å². The molecule has 13 heavy (non-hydrogen) atoms. The number of nitrogens with one attached hydrogen (secondary N) is 1. The van der Waals surface area contributed by atoms with Crippen molar-refractivity contribution in [2.24, 2.45) is 0 Å². The standard InChI is InChI=1S/C8H9Cl2FN2/c9-5-13(6-10)12-8-3-1-2-7(11)4-8/h1-4,12H,5-6H2. The second-order valence-electron chi connectivity index (χ2n) is 2.40. The van der Waals surface area contributed by atoms with Crippen LogP contribution >= 0.6 is 23.2 Å². The third-order valence-electron chi connectivity index (χ3n) is 1.40. The molecule has 5 heteroatoms. The molecule has 1 aromatic carbocycles. The van der Waals surface area contributed by atoms with Crippen molar-refractivity contribution in [1.82, 2.24) is 5.01 Å². The molecule has 0 fully saturated rings. The zero-order chi connectivity index (χ0) is 9.68. The van der Waals surface area contributed by atoms with Gasteiger partial charge in [0.1, 0.15) is 5.82 Å². The first-order chi connectivity index (χ1) is 6.26. The van der Waals surface area contributed by atoms with E-state index >= 15 is 0 Å². The molecule has 0 aliphatic rings. The third kappa shape index (κ3) is 3.38. The van der Waals surface area contributed by atoms with Gasteiger partial charge in [0, 0.05) is 0 Å². The summed E-state index contributed by atoms with van der Waals surface area (Å²) < 4.78 is 12.7. The zero-order valence-corrected chi connectivity index (χ0v) is 8.32. The molecule has 0 heterocycles. The van der Waals surface area contributed by atoms with Crippen molar-refractivity contribution in [3.63, 3.8) is 0 Å².